The summed E-state index contributed by atoms with van der Waals surface area (Å²) in [7, 11) is 2.12. The van der Waals surface area contributed by atoms with Crippen molar-refractivity contribution in [3.05, 3.63) is 153 Å². The zero-order valence-corrected chi connectivity index (χ0v) is 24.8. The van der Waals surface area contributed by atoms with Gasteiger partial charge in [-0.05, 0) is 94.6 Å². The van der Waals surface area contributed by atoms with E-state index in [2.05, 4.69) is 129 Å². The predicted molar refractivity (Wildman–Crippen MR) is 173 cm³/mol. The van der Waals surface area contributed by atoms with Gasteiger partial charge in [-0.1, -0.05) is 66.7 Å². The molecule has 3 aliphatic rings. The third kappa shape index (κ3) is 3.36. The van der Waals surface area contributed by atoms with Gasteiger partial charge in [0, 0.05) is 40.4 Å². The molecule has 0 spiro atoms. The van der Waals surface area contributed by atoms with E-state index >= 15 is 0 Å². The normalized spacial score (nSPS) is 16.4. The summed E-state index contributed by atoms with van der Waals surface area (Å²) < 4.78 is 8.74. The van der Waals surface area contributed by atoms with E-state index in [0.717, 1.165) is 33.3 Å². The molecule has 43 heavy (non-hydrogen) atoms. The number of nitrogens with zero attached hydrogens (tertiary/aromatic N) is 2. The molecule has 0 aliphatic heterocycles. The van der Waals surface area contributed by atoms with Crippen LogP contribution in [0, 0.1) is 20.8 Å². The smallest absolute Gasteiger partial charge is 0.227 e. The van der Waals surface area contributed by atoms with Gasteiger partial charge in [0.05, 0.1) is 5.56 Å². The molecule has 3 heterocycles. The Kier molecular flexibility index (Phi) is 5.00. The van der Waals surface area contributed by atoms with Crippen LogP contribution in [0.2, 0.25) is 0 Å². The van der Waals surface area contributed by atoms with Gasteiger partial charge in [-0.2, -0.15) is 0 Å². The fourth-order valence-electron chi connectivity index (χ4n) is 7.95. The Morgan fingerprint density at radius 1 is 0.628 bits per heavy atom. The summed E-state index contributed by atoms with van der Waals surface area (Å²) >= 11 is 0. The van der Waals surface area contributed by atoms with Crippen LogP contribution in [0.15, 0.2) is 108 Å². The fraction of sp³-hybridized carbons (Fsp3) is 0.150. The number of furan rings is 1. The standard InChI is InChI=1S/C40H31N2O/c1-22-19-23(2)36(39-35(22)32-15-13-24(3)41-40(32)43-39)34-21-26(17-18-42(34)4)25-14-16-31-33(20-25)38-29-11-7-5-9-27(29)37(31)28-10-6-8-12-30(28)38/h5-21,37-38H,1-4H3/q+1. The summed E-state index contributed by atoms with van der Waals surface area (Å²) in [5.74, 6) is 0.552. The van der Waals surface area contributed by atoms with Gasteiger partial charge >= 0.3 is 0 Å². The van der Waals surface area contributed by atoms with Crippen LogP contribution in [0.1, 0.15) is 62.0 Å². The first kappa shape index (κ1) is 24.6. The molecule has 0 radical (unpaired) electrons. The molecule has 3 heteroatoms. The van der Waals surface area contributed by atoms with Crippen LogP contribution in [0.25, 0.3) is 44.5 Å². The molecule has 7 aromatic rings. The third-order valence-corrected chi connectivity index (χ3v) is 9.83. The van der Waals surface area contributed by atoms with E-state index in [1.165, 1.54) is 55.6 Å². The fourth-order valence-corrected chi connectivity index (χ4v) is 7.95. The number of fused-ring (bicyclic) bond motifs is 3. The predicted octanol–water partition coefficient (Wildman–Crippen LogP) is 9.05. The molecular formula is C40H31N2O+. The minimum Gasteiger partial charge on any atom is -0.437 e. The van der Waals surface area contributed by atoms with E-state index in [-0.39, 0.29) is 5.92 Å². The highest BCUT2D eigenvalue weighted by atomic mass is 16.3. The summed E-state index contributed by atoms with van der Waals surface area (Å²) in [6, 6.07) is 36.2. The Labute approximate surface area is 251 Å². The first-order chi connectivity index (χ1) is 21.0. The van der Waals surface area contributed by atoms with E-state index in [1.54, 1.807) is 0 Å². The van der Waals surface area contributed by atoms with Crippen LogP contribution in [0.3, 0.4) is 0 Å². The van der Waals surface area contributed by atoms with Gasteiger partial charge < -0.3 is 4.42 Å². The maximum absolute atomic E-state index is 6.53. The summed E-state index contributed by atoms with van der Waals surface area (Å²) in [6.07, 6.45) is 2.18. The van der Waals surface area contributed by atoms with E-state index < -0.39 is 0 Å². The monoisotopic (exact) mass is 555 g/mol. The topological polar surface area (TPSA) is 29.9 Å². The van der Waals surface area contributed by atoms with Crippen LogP contribution < -0.4 is 4.57 Å². The lowest BCUT2D eigenvalue weighted by Crippen LogP contribution is -2.30. The van der Waals surface area contributed by atoms with Gasteiger partial charge in [0.25, 0.3) is 0 Å². The molecule has 3 aromatic heterocycles. The van der Waals surface area contributed by atoms with Crippen LogP contribution in [0.5, 0.6) is 0 Å². The number of aryl methyl sites for hydroxylation is 4. The van der Waals surface area contributed by atoms with Crippen LogP contribution in [0.4, 0.5) is 0 Å². The average molecular weight is 556 g/mol. The molecule has 0 N–H and O–H groups in total. The molecule has 3 nitrogen and oxygen atoms in total. The number of hydrogen-bond donors (Lipinski definition) is 0. The van der Waals surface area contributed by atoms with Crippen molar-refractivity contribution in [1.29, 1.82) is 0 Å². The molecule has 0 unspecified atom stereocenters. The van der Waals surface area contributed by atoms with Crippen molar-refractivity contribution in [1.82, 2.24) is 4.98 Å². The minimum absolute atomic E-state index is 0.261. The SMILES string of the molecule is Cc1ccc2c(n1)oc1c(-c3cc(-c4ccc5c(c4)C4c6ccccc6C5c5ccccc54)cc[n+]3C)c(C)cc(C)c12. The molecule has 2 bridgehead atoms. The summed E-state index contributed by atoms with van der Waals surface area (Å²) in [4.78, 5) is 4.72. The van der Waals surface area contributed by atoms with Crippen LogP contribution in [-0.4, -0.2) is 4.98 Å². The molecule has 3 aliphatic carbocycles. The number of pyridine rings is 2. The number of aromatic nitrogens is 2. The van der Waals surface area contributed by atoms with Gasteiger partial charge in [0.1, 0.15) is 7.05 Å². The second kappa shape index (κ2) is 8.75. The molecule has 4 aromatic carbocycles. The van der Waals surface area contributed by atoms with Gasteiger partial charge in [-0.15, -0.1) is 0 Å². The molecule has 0 amide bonds. The number of rotatable bonds is 2. The lowest BCUT2D eigenvalue weighted by atomic mass is 9.61. The molecule has 0 fully saturated rings. The van der Waals surface area contributed by atoms with Crippen molar-refractivity contribution in [2.45, 2.75) is 32.6 Å². The van der Waals surface area contributed by atoms with Crippen LogP contribution >= 0.6 is 0 Å². The second-order valence-electron chi connectivity index (χ2n) is 12.4. The molecule has 0 saturated heterocycles. The first-order valence-electron chi connectivity index (χ1n) is 15.1. The van der Waals surface area contributed by atoms with Gasteiger partial charge in [-0.25, -0.2) is 9.55 Å². The number of benzene rings is 4. The molecular weight excluding hydrogens is 524 g/mol. The lowest BCUT2D eigenvalue weighted by molar-refractivity contribution is -0.660. The zero-order chi connectivity index (χ0) is 29.0. The van der Waals surface area contributed by atoms with Gasteiger partial charge in [0.15, 0.2) is 11.8 Å². The summed E-state index contributed by atoms with van der Waals surface area (Å²) in [5, 5.41) is 2.22. The van der Waals surface area contributed by atoms with Gasteiger partial charge in [0.2, 0.25) is 11.4 Å². The summed E-state index contributed by atoms with van der Waals surface area (Å²) in [6.45, 7) is 6.36. The highest BCUT2D eigenvalue weighted by Crippen LogP contribution is 2.56. The Hall–Kier alpha value is -5.02. The van der Waals surface area contributed by atoms with Crippen molar-refractivity contribution in [3.63, 3.8) is 0 Å². The maximum Gasteiger partial charge on any atom is 0.227 e. The van der Waals surface area contributed by atoms with Crippen molar-refractivity contribution >= 4 is 22.1 Å². The highest BCUT2D eigenvalue weighted by molar-refractivity contribution is 6.10. The van der Waals surface area contributed by atoms with E-state index in [9.17, 15) is 0 Å². The van der Waals surface area contributed by atoms with Gasteiger partial charge in [-0.3, -0.25) is 0 Å². The number of hydrogen-bond acceptors (Lipinski definition) is 2. The van der Waals surface area contributed by atoms with Crippen molar-refractivity contribution < 1.29 is 8.98 Å². The molecule has 10 rings (SSSR count). The van der Waals surface area contributed by atoms with Crippen molar-refractivity contribution in [3.8, 4) is 22.4 Å². The molecule has 0 saturated carbocycles. The van der Waals surface area contributed by atoms with Crippen molar-refractivity contribution in [2.75, 3.05) is 0 Å². The zero-order valence-electron chi connectivity index (χ0n) is 24.8. The molecule has 0 atom stereocenters. The summed E-state index contributed by atoms with van der Waals surface area (Å²) in [5.41, 5.74) is 18.4. The van der Waals surface area contributed by atoms with E-state index in [1.807, 2.05) is 6.92 Å². The lowest BCUT2D eigenvalue weighted by Gasteiger charge is -2.42. The highest BCUT2D eigenvalue weighted by Gasteiger charge is 2.41. The molecule has 206 valence electrons. The van der Waals surface area contributed by atoms with E-state index in [0.29, 0.717) is 11.6 Å². The second-order valence-corrected chi connectivity index (χ2v) is 12.4. The minimum atomic E-state index is 0.261. The Morgan fingerprint density at radius 3 is 1.95 bits per heavy atom. The average Bonchev–Trinajstić information content (AvgIpc) is 3.40. The first-order valence-corrected chi connectivity index (χ1v) is 15.1. The maximum atomic E-state index is 6.53. The largest absolute Gasteiger partial charge is 0.437 e. The third-order valence-electron chi connectivity index (χ3n) is 9.83. The quantitative estimate of drug-likeness (QED) is 0.199. The Bertz CT molecular complexity index is 2260. The van der Waals surface area contributed by atoms with Crippen LogP contribution in [-0.2, 0) is 7.05 Å². The Morgan fingerprint density at radius 2 is 1.26 bits per heavy atom. The van der Waals surface area contributed by atoms with E-state index in [4.69, 9.17) is 9.40 Å². The van der Waals surface area contributed by atoms with Crippen molar-refractivity contribution in [2.24, 2.45) is 7.05 Å². The Balaban J connectivity index is 1.23.